The topological polar surface area (TPSA) is 47.6 Å². The highest BCUT2D eigenvalue weighted by Crippen LogP contribution is 2.26. The molecule has 2 nitrogen and oxygen atoms in total. The molecule has 0 spiro atoms. The van der Waals surface area contributed by atoms with Gasteiger partial charge < -0.3 is 0 Å². The van der Waals surface area contributed by atoms with E-state index in [4.69, 9.17) is 10.5 Å². The van der Waals surface area contributed by atoms with Gasteiger partial charge in [0.25, 0.3) is 0 Å². The molecule has 69 valence electrons. The van der Waals surface area contributed by atoms with Crippen LogP contribution in [0, 0.1) is 28.0 Å². The van der Waals surface area contributed by atoms with Crippen LogP contribution in [0.2, 0.25) is 0 Å². The summed E-state index contributed by atoms with van der Waals surface area (Å²) in [6.07, 6.45) is 0. The maximum Gasteiger partial charge on any atom is 0.101 e. The molecule has 0 bridgehead atoms. The van der Waals surface area contributed by atoms with Crippen molar-refractivity contribution in [2.24, 2.45) is 0 Å². The van der Waals surface area contributed by atoms with E-state index in [1.165, 1.54) is 11.3 Å². The van der Waals surface area contributed by atoms with E-state index in [0.29, 0.717) is 11.1 Å². The van der Waals surface area contributed by atoms with Crippen molar-refractivity contribution >= 4 is 11.3 Å². The van der Waals surface area contributed by atoms with E-state index >= 15 is 0 Å². The Morgan fingerprint density at radius 2 is 2.07 bits per heavy atom. The molecule has 0 saturated carbocycles. The molecule has 2 rings (SSSR count). The molecule has 15 heavy (non-hydrogen) atoms. The molecule has 1 radical (unpaired) electrons. The van der Waals surface area contributed by atoms with E-state index in [9.17, 15) is 0 Å². The summed E-state index contributed by atoms with van der Waals surface area (Å²) in [4.78, 5) is 0. The van der Waals surface area contributed by atoms with Gasteiger partial charge in [-0.25, -0.2) is 0 Å². The first-order chi connectivity index (χ1) is 7.36. The Bertz CT molecular complexity index is 556. The van der Waals surface area contributed by atoms with Gasteiger partial charge in [-0.15, -0.1) is 11.3 Å². The van der Waals surface area contributed by atoms with Crippen LogP contribution in [0.15, 0.2) is 29.6 Å². The van der Waals surface area contributed by atoms with E-state index in [1.807, 2.05) is 23.6 Å². The van der Waals surface area contributed by atoms with Gasteiger partial charge >= 0.3 is 0 Å². The second-order valence-electron chi connectivity index (χ2n) is 2.90. The molecular weight excluding hydrogens is 204 g/mol. The zero-order valence-electron chi connectivity index (χ0n) is 7.69. The summed E-state index contributed by atoms with van der Waals surface area (Å²) in [7, 11) is 0. The van der Waals surface area contributed by atoms with Crippen LogP contribution < -0.4 is 0 Å². The van der Waals surface area contributed by atoms with Crippen LogP contribution in [0.25, 0.3) is 11.1 Å². The van der Waals surface area contributed by atoms with Gasteiger partial charge in [0.2, 0.25) is 0 Å². The molecule has 0 amide bonds. The molecule has 1 aromatic carbocycles. The molecule has 0 unspecified atom stereocenters. The molecule has 1 heterocycles. The van der Waals surface area contributed by atoms with Gasteiger partial charge in [0, 0.05) is 10.9 Å². The minimum Gasteiger partial charge on any atom is -0.192 e. The van der Waals surface area contributed by atoms with E-state index in [0.717, 1.165) is 11.1 Å². The number of hydrogen-bond donors (Lipinski definition) is 0. The van der Waals surface area contributed by atoms with Crippen molar-refractivity contribution in [3.63, 3.8) is 0 Å². The van der Waals surface area contributed by atoms with E-state index < -0.39 is 0 Å². The summed E-state index contributed by atoms with van der Waals surface area (Å²) < 4.78 is 0. The zero-order valence-corrected chi connectivity index (χ0v) is 8.51. The molecule has 2 aromatic rings. The first kappa shape index (κ1) is 9.45. The molecule has 0 atom stereocenters. The van der Waals surface area contributed by atoms with Gasteiger partial charge in [0.05, 0.1) is 11.1 Å². The third kappa shape index (κ3) is 1.61. The summed E-state index contributed by atoms with van der Waals surface area (Å²) in [6.45, 7) is 0. The summed E-state index contributed by atoms with van der Waals surface area (Å²) in [5, 5.41) is 22.8. The van der Waals surface area contributed by atoms with Crippen molar-refractivity contribution in [2.45, 2.75) is 0 Å². The number of rotatable bonds is 1. The number of nitrogens with zero attached hydrogens (tertiary/aromatic N) is 2. The highest BCUT2D eigenvalue weighted by Gasteiger charge is 2.09. The Kier molecular flexibility index (Phi) is 2.49. The normalized spacial score (nSPS) is 9.20. The van der Waals surface area contributed by atoms with Crippen molar-refractivity contribution in [1.29, 1.82) is 10.5 Å². The fourth-order valence-electron chi connectivity index (χ4n) is 1.38. The summed E-state index contributed by atoms with van der Waals surface area (Å²) >= 11 is 1.45. The van der Waals surface area contributed by atoms with Gasteiger partial charge in [0.1, 0.15) is 12.1 Å². The molecule has 0 N–H and O–H groups in total. The van der Waals surface area contributed by atoms with Gasteiger partial charge in [-0.05, 0) is 23.1 Å². The van der Waals surface area contributed by atoms with Crippen LogP contribution in [0.5, 0.6) is 0 Å². The minimum atomic E-state index is 0.418. The van der Waals surface area contributed by atoms with Gasteiger partial charge in [-0.2, -0.15) is 10.5 Å². The zero-order chi connectivity index (χ0) is 10.7. The fraction of sp³-hybridized carbons (Fsp3) is 0. The molecule has 0 aliphatic rings. The Morgan fingerprint density at radius 1 is 1.20 bits per heavy atom. The number of benzene rings is 1. The van der Waals surface area contributed by atoms with Crippen LogP contribution in [0.1, 0.15) is 11.1 Å². The second-order valence-corrected chi connectivity index (χ2v) is 3.61. The van der Waals surface area contributed by atoms with Crippen LogP contribution >= 0.6 is 11.3 Å². The highest BCUT2D eigenvalue weighted by molar-refractivity contribution is 7.07. The lowest BCUT2D eigenvalue weighted by Crippen LogP contribution is -1.87. The first-order valence-electron chi connectivity index (χ1n) is 4.25. The first-order valence-corrected chi connectivity index (χ1v) is 5.13. The molecule has 0 saturated heterocycles. The second kappa shape index (κ2) is 3.96. The summed E-state index contributed by atoms with van der Waals surface area (Å²) in [5.41, 5.74) is 2.59. The van der Waals surface area contributed by atoms with Crippen LogP contribution in [-0.2, 0) is 0 Å². The SMILES string of the molecule is N#Cc1cccc(-c2c[c]sc2)c1C#N. The molecule has 0 aliphatic carbocycles. The predicted octanol–water partition coefficient (Wildman–Crippen LogP) is 2.96. The number of thiophene rings is 1. The van der Waals surface area contributed by atoms with Crippen LogP contribution in [0.4, 0.5) is 0 Å². The van der Waals surface area contributed by atoms with E-state index in [2.05, 4.69) is 11.4 Å². The fourth-order valence-corrected chi connectivity index (χ4v) is 1.96. The Morgan fingerprint density at radius 3 is 2.67 bits per heavy atom. The highest BCUT2D eigenvalue weighted by atomic mass is 32.1. The Labute approximate surface area is 91.6 Å². The smallest absolute Gasteiger partial charge is 0.101 e. The average Bonchev–Trinajstić information content (AvgIpc) is 2.81. The maximum atomic E-state index is 9.02. The van der Waals surface area contributed by atoms with Gasteiger partial charge in [-0.1, -0.05) is 12.1 Å². The summed E-state index contributed by atoms with van der Waals surface area (Å²) in [5.74, 6) is 0. The number of nitriles is 2. The third-order valence-electron chi connectivity index (χ3n) is 2.08. The van der Waals surface area contributed by atoms with Crippen molar-refractivity contribution in [2.75, 3.05) is 0 Å². The minimum absolute atomic E-state index is 0.418. The third-order valence-corrected chi connectivity index (χ3v) is 2.70. The summed E-state index contributed by atoms with van der Waals surface area (Å²) in [6, 6.07) is 11.2. The van der Waals surface area contributed by atoms with Crippen molar-refractivity contribution in [3.05, 3.63) is 46.2 Å². The molecule has 3 heteroatoms. The Hall–Kier alpha value is -2.10. The lowest BCUT2D eigenvalue weighted by atomic mass is 9.99. The lowest BCUT2D eigenvalue weighted by molar-refractivity contribution is 1.43. The predicted molar refractivity (Wildman–Crippen MR) is 58.0 cm³/mol. The maximum absolute atomic E-state index is 9.02. The van der Waals surface area contributed by atoms with E-state index in [1.54, 1.807) is 12.1 Å². The number of hydrogen-bond acceptors (Lipinski definition) is 3. The van der Waals surface area contributed by atoms with Crippen molar-refractivity contribution in [3.8, 4) is 23.3 Å². The van der Waals surface area contributed by atoms with Crippen molar-refractivity contribution in [1.82, 2.24) is 0 Å². The molecule has 1 aromatic heterocycles. The monoisotopic (exact) mass is 209 g/mol. The van der Waals surface area contributed by atoms with Crippen LogP contribution in [-0.4, -0.2) is 0 Å². The largest absolute Gasteiger partial charge is 0.192 e. The van der Waals surface area contributed by atoms with Crippen molar-refractivity contribution < 1.29 is 0 Å². The standard InChI is InChI=1S/C12H5N2S/c13-6-9-2-1-3-11(12(9)7-14)10-4-5-15-8-10/h1-4,8H. The van der Waals surface area contributed by atoms with Gasteiger partial charge in [-0.3, -0.25) is 0 Å². The lowest BCUT2D eigenvalue weighted by Gasteiger charge is -2.01. The van der Waals surface area contributed by atoms with Gasteiger partial charge in [0.15, 0.2) is 0 Å². The van der Waals surface area contributed by atoms with E-state index in [-0.39, 0.29) is 0 Å². The van der Waals surface area contributed by atoms with Crippen LogP contribution in [0.3, 0.4) is 0 Å². The molecular formula is C12H5N2S. The molecule has 0 fully saturated rings. The quantitative estimate of drug-likeness (QED) is 0.724. The Balaban J connectivity index is 2.70. The molecule has 0 aliphatic heterocycles. The average molecular weight is 209 g/mol.